The quantitative estimate of drug-likeness (QED) is 0.685. The molecule has 25 heavy (non-hydrogen) atoms. The summed E-state index contributed by atoms with van der Waals surface area (Å²) in [7, 11) is -2.47. The van der Waals surface area contributed by atoms with E-state index in [1.807, 2.05) is 0 Å². The third-order valence-electron chi connectivity index (χ3n) is 4.27. The van der Waals surface area contributed by atoms with E-state index in [9.17, 15) is 17.6 Å². The molecule has 1 amide bonds. The van der Waals surface area contributed by atoms with Gasteiger partial charge in [0.25, 0.3) is 5.91 Å². The minimum atomic E-state index is -3.73. The van der Waals surface area contributed by atoms with Crippen LogP contribution in [0.3, 0.4) is 0 Å². The van der Waals surface area contributed by atoms with Crippen LogP contribution in [0.1, 0.15) is 48.9 Å². The normalized spacial score (nSPS) is 15.9. The molecule has 8 heteroatoms. The van der Waals surface area contributed by atoms with Crippen LogP contribution in [0.2, 0.25) is 0 Å². The third kappa shape index (κ3) is 5.76. The number of rotatable bonds is 8. The summed E-state index contributed by atoms with van der Waals surface area (Å²) in [5.41, 5.74) is -0.287. The highest BCUT2D eigenvalue weighted by atomic mass is 32.2. The molecule has 1 aromatic rings. The minimum Gasteiger partial charge on any atom is -0.378 e. The Morgan fingerprint density at radius 2 is 2.00 bits per heavy atom. The maximum absolute atomic E-state index is 13.8. The van der Waals surface area contributed by atoms with E-state index < -0.39 is 21.7 Å². The lowest BCUT2D eigenvalue weighted by atomic mass is 9.98. The topological polar surface area (TPSA) is 84.5 Å². The number of halogens is 1. The second-order valence-corrected chi connectivity index (χ2v) is 7.98. The molecule has 2 rings (SSSR count). The lowest BCUT2D eigenvalue weighted by molar-refractivity contribution is 0.0273. The summed E-state index contributed by atoms with van der Waals surface area (Å²) in [6, 6.07) is 3.14. The molecule has 0 heterocycles. The Morgan fingerprint density at radius 3 is 2.68 bits per heavy atom. The number of ether oxygens (including phenoxy) is 1. The second-order valence-electron chi connectivity index (χ2n) is 6.09. The summed E-state index contributed by atoms with van der Waals surface area (Å²) < 4.78 is 45.2. The fourth-order valence-corrected chi connectivity index (χ4v) is 3.57. The molecule has 0 saturated heterocycles. The van der Waals surface area contributed by atoms with Crippen molar-refractivity contribution in [3.05, 3.63) is 29.6 Å². The minimum absolute atomic E-state index is 0.151. The molecule has 140 valence electrons. The number of sulfonamides is 1. The van der Waals surface area contributed by atoms with Crippen LogP contribution < -0.4 is 10.0 Å². The van der Waals surface area contributed by atoms with Gasteiger partial charge in [0.15, 0.2) is 0 Å². The van der Waals surface area contributed by atoms with E-state index in [0.717, 1.165) is 31.0 Å². The highest BCUT2D eigenvalue weighted by Gasteiger charge is 2.18. The average molecular weight is 372 g/mol. The number of benzene rings is 1. The van der Waals surface area contributed by atoms with E-state index in [1.165, 1.54) is 26.3 Å². The number of carbonyl (C=O) groups excluding carboxylic acids is 1. The zero-order valence-electron chi connectivity index (χ0n) is 14.4. The van der Waals surface area contributed by atoms with Crippen molar-refractivity contribution in [1.82, 2.24) is 10.0 Å². The SMILES string of the molecule is CNS(=O)(=O)c1ccc(F)c(C(=O)NCCCOC2CCCCC2)c1. The monoisotopic (exact) mass is 372 g/mol. The van der Waals surface area contributed by atoms with E-state index in [4.69, 9.17) is 4.74 Å². The van der Waals surface area contributed by atoms with Gasteiger partial charge in [0.2, 0.25) is 10.0 Å². The van der Waals surface area contributed by atoms with Gasteiger partial charge in [-0.15, -0.1) is 0 Å². The van der Waals surface area contributed by atoms with Crippen LogP contribution in [0.25, 0.3) is 0 Å². The fraction of sp³-hybridized carbons (Fsp3) is 0.588. The van der Waals surface area contributed by atoms with Crippen LogP contribution in [-0.4, -0.2) is 40.6 Å². The Bertz CT molecular complexity index is 688. The Morgan fingerprint density at radius 1 is 1.28 bits per heavy atom. The summed E-state index contributed by atoms with van der Waals surface area (Å²) in [6.07, 6.45) is 6.78. The zero-order valence-corrected chi connectivity index (χ0v) is 15.2. The van der Waals surface area contributed by atoms with Crippen LogP contribution >= 0.6 is 0 Å². The molecule has 1 aliphatic rings. The molecule has 0 bridgehead atoms. The van der Waals surface area contributed by atoms with Gasteiger partial charge in [0.05, 0.1) is 16.6 Å². The van der Waals surface area contributed by atoms with Gasteiger partial charge in [-0.25, -0.2) is 17.5 Å². The van der Waals surface area contributed by atoms with Crippen molar-refractivity contribution in [3.63, 3.8) is 0 Å². The summed E-state index contributed by atoms with van der Waals surface area (Å²) >= 11 is 0. The number of hydrogen-bond acceptors (Lipinski definition) is 4. The Balaban J connectivity index is 1.83. The van der Waals surface area contributed by atoms with E-state index in [0.29, 0.717) is 25.7 Å². The van der Waals surface area contributed by atoms with Crippen molar-refractivity contribution in [2.75, 3.05) is 20.2 Å². The Hall–Kier alpha value is -1.51. The van der Waals surface area contributed by atoms with Crippen molar-refractivity contribution in [3.8, 4) is 0 Å². The van der Waals surface area contributed by atoms with Crippen LogP contribution in [-0.2, 0) is 14.8 Å². The molecule has 0 unspecified atom stereocenters. The first-order valence-corrected chi connectivity index (χ1v) is 10.1. The molecule has 0 radical (unpaired) electrons. The van der Waals surface area contributed by atoms with Gasteiger partial charge in [0, 0.05) is 13.2 Å². The number of hydrogen-bond donors (Lipinski definition) is 2. The van der Waals surface area contributed by atoms with Gasteiger partial charge in [-0.2, -0.15) is 0 Å². The van der Waals surface area contributed by atoms with Gasteiger partial charge in [-0.1, -0.05) is 19.3 Å². The lowest BCUT2D eigenvalue weighted by Crippen LogP contribution is -2.27. The number of carbonyl (C=O) groups is 1. The van der Waals surface area contributed by atoms with Crippen molar-refractivity contribution in [2.45, 2.75) is 49.5 Å². The standard InChI is InChI=1S/C17H25FN2O4S/c1-19-25(22,23)14-8-9-16(18)15(12-14)17(21)20-10-5-11-24-13-6-3-2-4-7-13/h8-9,12-13,19H,2-7,10-11H2,1H3,(H,20,21). The molecular weight excluding hydrogens is 347 g/mol. The van der Waals surface area contributed by atoms with E-state index in [1.54, 1.807) is 0 Å². The molecule has 0 atom stereocenters. The van der Waals surface area contributed by atoms with Gasteiger partial charge in [-0.3, -0.25) is 4.79 Å². The smallest absolute Gasteiger partial charge is 0.254 e. The summed E-state index contributed by atoms with van der Waals surface area (Å²) in [5, 5.41) is 2.60. The highest BCUT2D eigenvalue weighted by molar-refractivity contribution is 7.89. The molecule has 1 fully saturated rings. The third-order valence-corrected chi connectivity index (χ3v) is 5.69. The van der Waals surface area contributed by atoms with Crippen LogP contribution in [0, 0.1) is 5.82 Å². The average Bonchev–Trinajstić information content (AvgIpc) is 2.62. The maximum Gasteiger partial charge on any atom is 0.254 e. The van der Waals surface area contributed by atoms with E-state index >= 15 is 0 Å². The fourth-order valence-electron chi connectivity index (χ4n) is 2.81. The molecule has 0 aliphatic heterocycles. The van der Waals surface area contributed by atoms with Gasteiger partial charge >= 0.3 is 0 Å². The molecule has 6 nitrogen and oxygen atoms in total. The van der Waals surface area contributed by atoms with Crippen molar-refractivity contribution < 1.29 is 22.3 Å². The van der Waals surface area contributed by atoms with Crippen molar-refractivity contribution in [2.24, 2.45) is 0 Å². The van der Waals surface area contributed by atoms with E-state index in [-0.39, 0.29) is 10.5 Å². The van der Waals surface area contributed by atoms with Gasteiger partial charge in [0.1, 0.15) is 5.82 Å². The molecule has 0 aromatic heterocycles. The summed E-state index contributed by atoms with van der Waals surface area (Å²) in [5.74, 6) is -1.39. The van der Waals surface area contributed by atoms with E-state index in [2.05, 4.69) is 10.0 Å². The van der Waals surface area contributed by atoms with Crippen molar-refractivity contribution in [1.29, 1.82) is 0 Å². The van der Waals surface area contributed by atoms with Crippen LogP contribution in [0.15, 0.2) is 23.1 Å². The Kier molecular flexibility index (Phi) is 7.34. The molecule has 1 aromatic carbocycles. The molecular formula is C17H25FN2O4S. The largest absolute Gasteiger partial charge is 0.378 e. The maximum atomic E-state index is 13.8. The predicted molar refractivity (Wildman–Crippen MR) is 92.4 cm³/mol. The van der Waals surface area contributed by atoms with Crippen LogP contribution in [0.4, 0.5) is 4.39 Å². The number of amides is 1. The first kappa shape index (κ1) is 19.8. The first-order chi connectivity index (χ1) is 11.9. The predicted octanol–water partition coefficient (Wildman–Crippen LogP) is 2.20. The summed E-state index contributed by atoms with van der Waals surface area (Å²) in [4.78, 5) is 11.9. The second kappa shape index (κ2) is 9.26. The molecule has 0 spiro atoms. The van der Waals surface area contributed by atoms with Gasteiger partial charge < -0.3 is 10.1 Å². The van der Waals surface area contributed by atoms with Gasteiger partial charge in [-0.05, 0) is 44.5 Å². The first-order valence-electron chi connectivity index (χ1n) is 8.57. The highest BCUT2D eigenvalue weighted by Crippen LogP contribution is 2.20. The Labute approximate surface area is 148 Å². The molecule has 1 aliphatic carbocycles. The van der Waals surface area contributed by atoms with Crippen molar-refractivity contribution >= 4 is 15.9 Å². The number of nitrogens with one attached hydrogen (secondary N) is 2. The lowest BCUT2D eigenvalue weighted by Gasteiger charge is -2.21. The summed E-state index contributed by atoms with van der Waals surface area (Å²) in [6.45, 7) is 0.885. The van der Waals surface area contributed by atoms with Crippen LogP contribution in [0.5, 0.6) is 0 Å². The molecule has 1 saturated carbocycles. The molecule has 2 N–H and O–H groups in total. The zero-order chi connectivity index (χ0) is 18.3.